The Morgan fingerprint density at radius 1 is 1.12 bits per heavy atom. The average molecular weight is 408 g/mol. The lowest BCUT2D eigenvalue weighted by Crippen LogP contribution is -1.93. The smallest absolute Gasteiger partial charge is 0.141 e. The molecule has 0 aliphatic heterocycles. The number of aryl methyl sites for hydroxylation is 2. The highest BCUT2D eigenvalue weighted by Crippen LogP contribution is 2.36. The van der Waals surface area contributed by atoms with Crippen molar-refractivity contribution >= 4 is 37.4 Å². The van der Waals surface area contributed by atoms with Gasteiger partial charge < -0.3 is 4.74 Å². The van der Waals surface area contributed by atoms with Crippen molar-refractivity contribution in [2.45, 2.75) is 20.8 Å². The van der Waals surface area contributed by atoms with Crippen LogP contribution in [0.4, 0.5) is 5.69 Å². The first kappa shape index (κ1) is 18.7. The van der Waals surface area contributed by atoms with Crippen LogP contribution in [-0.2, 0) is 9.73 Å². The van der Waals surface area contributed by atoms with Gasteiger partial charge in [0.25, 0.3) is 0 Å². The van der Waals surface area contributed by atoms with E-state index in [-0.39, 0.29) is 0 Å². The zero-order chi connectivity index (χ0) is 17.9. The summed E-state index contributed by atoms with van der Waals surface area (Å²) in [6, 6.07) is 9.67. The first-order chi connectivity index (χ1) is 11.2. The molecule has 0 aromatic heterocycles. The van der Waals surface area contributed by atoms with Gasteiger partial charge in [0, 0.05) is 22.2 Å². The molecule has 2 aromatic carbocycles. The third kappa shape index (κ3) is 4.95. The fraction of sp³-hybridized carbons (Fsp3) is 0.263. The van der Waals surface area contributed by atoms with E-state index < -0.39 is 9.73 Å². The highest BCUT2D eigenvalue weighted by atomic mass is 79.9. The predicted octanol–water partition coefficient (Wildman–Crippen LogP) is 6.25. The highest BCUT2D eigenvalue weighted by molar-refractivity contribution is 9.10. The second-order valence-corrected chi connectivity index (χ2v) is 9.37. The summed E-state index contributed by atoms with van der Waals surface area (Å²) >= 11 is 3.51. The van der Waals surface area contributed by atoms with E-state index in [4.69, 9.17) is 4.74 Å². The van der Waals surface area contributed by atoms with E-state index in [1.807, 2.05) is 45.0 Å². The first-order valence-electron chi connectivity index (χ1n) is 7.58. The molecule has 128 valence electrons. The van der Waals surface area contributed by atoms with Crippen molar-refractivity contribution in [3.05, 3.63) is 57.6 Å². The summed E-state index contributed by atoms with van der Waals surface area (Å²) in [5.41, 5.74) is 3.98. The second-order valence-electron chi connectivity index (χ2n) is 5.97. The molecule has 0 fully saturated rings. The normalized spacial score (nSPS) is 11.8. The van der Waals surface area contributed by atoms with E-state index in [0.29, 0.717) is 11.4 Å². The molecular formula is C19H22BrNO2S. The van der Waals surface area contributed by atoms with E-state index in [9.17, 15) is 4.21 Å². The predicted molar refractivity (Wildman–Crippen MR) is 107 cm³/mol. The summed E-state index contributed by atoms with van der Waals surface area (Å²) in [4.78, 5) is 0. The van der Waals surface area contributed by atoms with Gasteiger partial charge in [0.2, 0.25) is 0 Å². The number of nitrogens with zero attached hydrogens (tertiary/aromatic N) is 1. The topological polar surface area (TPSA) is 38.7 Å². The van der Waals surface area contributed by atoms with Gasteiger partial charge in [0.15, 0.2) is 0 Å². The van der Waals surface area contributed by atoms with Crippen molar-refractivity contribution in [1.82, 2.24) is 0 Å². The van der Waals surface area contributed by atoms with E-state index in [2.05, 4.69) is 38.5 Å². The van der Waals surface area contributed by atoms with Gasteiger partial charge in [0.1, 0.15) is 11.5 Å². The van der Waals surface area contributed by atoms with Gasteiger partial charge >= 0.3 is 0 Å². The number of benzene rings is 2. The maximum atomic E-state index is 11.8. The van der Waals surface area contributed by atoms with Gasteiger partial charge in [-0.1, -0.05) is 12.2 Å². The number of allylic oxidation sites excluding steroid dienone is 1. The molecule has 5 heteroatoms. The minimum absolute atomic E-state index is 0.668. The molecule has 0 spiro atoms. The number of rotatable bonds is 4. The molecule has 2 aromatic rings. The average Bonchev–Trinajstić information content (AvgIpc) is 2.43. The summed E-state index contributed by atoms with van der Waals surface area (Å²) in [6.45, 7) is 6.08. The molecule has 24 heavy (non-hydrogen) atoms. The van der Waals surface area contributed by atoms with Crippen LogP contribution >= 0.6 is 15.9 Å². The monoisotopic (exact) mass is 407 g/mol. The third-order valence-corrected chi connectivity index (χ3v) is 4.56. The molecule has 3 nitrogen and oxygen atoms in total. The van der Waals surface area contributed by atoms with Crippen LogP contribution in [-0.4, -0.2) is 16.7 Å². The molecule has 0 bridgehead atoms. The number of halogens is 1. The number of hydrogen-bond donors (Lipinski definition) is 0. The van der Waals surface area contributed by atoms with Gasteiger partial charge in [-0.25, -0.2) is 4.21 Å². The van der Waals surface area contributed by atoms with Crippen molar-refractivity contribution in [3.8, 4) is 11.5 Å². The Hall–Kier alpha value is -1.59. The van der Waals surface area contributed by atoms with Crippen LogP contribution < -0.4 is 4.74 Å². The fourth-order valence-electron chi connectivity index (χ4n) is 2.43. The number of hydrogen-bond acceptors (Lipinski definition) is 3. The summed E-state index contributed by atoms with van der Waals surface area (Å²) < 4.78 is 22.9. The van der Waals surface area contributed by atoms with Crippen LogP contribution in [0.3, 0.4) is 0 Å². The third-order valence-electron chi connectivity index (χ3n) is 3.29. The van der Waals surface area contributed by atoms with Crippen LogP contribution in [0.1, 0.15) is 23.6 Å². The van der Waals surface area contributed by atoms with E-state index in [1.165, 1.54) is 0 Å². The number of ether oxygens (including phenoxy) is 1. The van der Waals surface area contributed by atoms with E-state index in [0.717, 1.165) is 26.9 Å². The Labute approximate surface area is 153 Å². The molecule has 0 aliphatic carbocycles. The Kier molecular flexibility index (Phi) is 5.88. The lowest BCUT2D eigenvalue weighted by molar-refractivity contribution is 0.472. The van der Waals surface area contributed by atoms with E-state index in [1.54, 1.807) is 12.5 Å². The van der Waals surface area contributed by atoms with Gasteiger partial charge in [0.05, 0.1) is 10.2 Å². The Bertz CT molecular complexity index is 879. The first-order valence-corrected chi connectivity index (χ1v) is 10.7. The van der Waals surface area contributed by atoms with Crippen molar-refractivity contribution in [2.24, 2.45) is 4.36 Å². The molecule has 0 atom stereocenters. The minimum atomic E-state index is -2.18. The molecule has 2 rings (SSSR count). The Balaban J connectivity index is 2.37. The quantitative estimate of drug-likeness (QED) is 0.600. The molecule has 0 saturated heterocycles. The highest BCUT2D eigenvalue weighted by Gasteiger charge is 2.10. The van der Waals surface area contributed by atoms with Crippen LogP contribution in [0.15, 0.2) is 45.2 Å². The van der Waals surface area contributed by atoms with Crippen molar-refractivity contribution in [1.29, 1.82) is 0 Å². The zero-order valence-electron chi connectivity index (χ0n) is 14.6. The van der Waals surface area contributed by atoms with Crippen molar-refractivity contribution < 1.29 is 8.95 Å². The molecule has 0 saturated carbocycles. The van der Waals surface area contributed by atoms with Gasteiger partial charge in [-0.15, -0.1) is 0 Å². The molecule has 0 N–H and O–H groups in total. The standard InChI is InChI=1S/C19H22BrNO2S/c1-6-7-15-10-13(2)19(14(3)11-15)23-18-9-8-16(12-17(18)20)21-24(4,5)22/h6-12H,1-5H3/b7-6+. The van der Waals surface area contributed by atoms with Crippen LogP contribution in [0, 0.1) is 13.8 Å². The SMILES string of the molecule is C/C=C/c1cc(C)c(Oc2ccc(N=S(C)(C)=O)cc2Br)c(C)c1. The Morgan fingerprint density at radius 3 is 2.25 bits per heavy atom. The fourth-order valence-corrected chi connectivity index (χ4v) is 3.50. The van der Waals surface area contributed by atoms with Crippen LogP contribution in [0.2, 0.25) is 0 Å². The summed E-state index contributed by atoms with van der Waals surface area (Å²) in [7, 11) is -2.18. The molecule has 0 aliphatic rings. The van der Waals surface area contributed by atoms with Gasteiger partial charge in [-0.3, -0.25) is 0 Å². The van der Waals surface area contributed by atoms with Gasteiger partial charge in [-0.2, -0.15) is 4.36 Å². The van der Waals surface area contributed by atoms with Crippen LogP contribution in [0.5, 0.6) is 11.5 Å². The summed E-state index contributed by atoms with van der Waals surface area (Å²) in [5, 5.41) is 0. The molecular weight excluding hydrogens is 386 g/mol. The molecule has 0 heterocycles. The molecule has 0 unspecified atom stereocenters. The largest absolute Gasteiger partial charge is 0.456 e. The van der Waals surface area contributed by atoms with E-state index >= 15 is 0 Å². The summed E-state index contributed by atoms with van der Waals surface area (Å²) in [5.74, 6) is 1.56. The molecule has 0 amide bonds. The summed E-state index contributed by atoms with van der Waals surface area (Å²) in [6.07, 6.45) is 7.32. The zero-order valence-corrected chi connectivity index (χ0v) is 17.0. The maximum Gasteiger partial charge on any atom is 0.141 e. The second kappa shape index (κ2) is 7.53. The lowest BCUT2D eigenvalue weighted by Gasteiger charge is -2.14. The van der Waals surface area contributed by atoms with Crippen molar-refractivity contribution in [3.63, 3.8) is 0 Å². The van der Waals surface area contributed by atoms with Crippen LogP contribution in [0.25, 0.3) is 6.08 Å². The van der Waals surface area contributed by atoms with Gasteiger partial charge in [-0.05, 0) is 83.7 Å². The molecule has 0 radical (unpaired) electrons. The lowest BCUT2D eigenvalue weighted by atomic mass is 10.1. The minimum Gasteiger partial charge on any atom is -0.456 e. The maximum absolute atomic E-state index is 11.8. The Morgan fingerprint density at radius 2 is 1.75 bits per heavy atom. The van der Waals surface area contributed by atoms with Crippen molar-refractivity contribution in [2.75, 3.05) is 12.5 Å².